The standard InChI is InChI=1S/C13H15FN2O3/c1-7(3-4-8(2)14)11-5-9-10(6-19-11)15-16-12(9)13(17)18/h3-4,11H,5-6H2,1-2H3,(H,15,16)(H,17,18)/b7-3+,8-4+. The summed E-state index contributed by atoms with van der Waals surface area (Å²) in [4.78, 5) is 11.0. The molecule has 19 heavy (non-hydrogen) atoms. The maximum Gasteiger partial charge on any atom is 0.356 e. The summed E-state index contributed by atoms with van der Waals surface area (Å²) in [7, 11) is 0. The van der Waals surface area contributed by atoms with Crippen molar-refractivity contribution in [3.8, 4) is 0 Å². The van der Waals surface area contributed by atoms with Crippen LogP contribution >= 0.6 is 0 Å². The van der Waals surface area contributed by atoms with Gasteiger partial charge in [-0.05, 0) is 25.5 Å². The SMILES string of the molecule is C/C(F)=C\C=C(/C)C1Cc2c(C(=O)O)n[nH]c2CO1. The number of aromatic amines is 1. The monoisotopic (exact) mass is 266 g/mol. The van der Waals surface area contributed by atoms with E-state index in [9.17, 15) is 9.18 Å². The van der Waals surface area contributed by atoms with Crippen LogP contribution in [0.25, 0.3) is 0 Å². The summed E-state index contributed by atoms with van der Waals surface area (Å²) < 4.78 is 18.3. The number of halogens is 1. The molecule has 0 spiro atoms. The summed E-state index contributed by atoms with van der Waals surface area (Å²) in [5, 5.41) is 15.5. The van der Waals surface area contributed by atoms with Gasteiger partial charge in [0.15, 0.2) is 5.69 Å². The van der Waals surface area contributed by atoms with E-state index in [2.05, 4.69) is 10.2 Å². The molecule has 0 saturated heterocycles. The third-order valence-corrected chi connectivity index (χ3v) is 3.06. The van der Waals surface area contributed by atoms with Crippen molar-refractivity contribution in [1.29, 1.82) is 0 Å². The summed E-state index contributed by atoms with van der Waals surface area (Å²) in [6.45, 7) is 3.47. The summed E-state index contributed by atoms with van der Waals surface area (Å²) in [5.74, 6) is -1.34. The van der Waals surface area contributed by atoms with Gasteiger partial charge in [0.05, 0.1) is 24.2 Å². The predicted octanol–water partition coefficient (Wildman–Crippen LogP) is 2.37. The molecular weight excluding hydrogens is 251 g/mol. The first-order chi connectivity index (χ1) is 8.99. The first-order valence-corrected chi connectivity index (χ1v) is 5.90. The minimum Gasteiger partial charge on any atom is -0.476 e. The maximum atomic E-state index is 12.7. The number of fused-ring (bicyclic) bond motifs is 1. The van der Waals surface area contributed by atoms with E-state index in [1.807, 2.05) is 6.92 Å². The van der Waals surface area contributed by atoms with Crippen LogP contribution in [0.1, 0.15) is 35.6 Å². The number of rotatable bonds is 3. The molecule has 2 heterocycles. The van der Waals surface area contributed by atoms with Gasteiger partial charge in [-0.3, -0.25) is 5.10 Å². The zero-order valence-corrected chi connectivity index (χ0v) is 10.7. The van der Waals surface area contributed by atoms with Crippen molar-refractivity contribution in [3.05, 3.63) is 40.5 Å². The van der Waals surface area contributed by atoms with Crippen molar-refractivity contribution in [2.75, 3.05) is 0 Å². The topological polar surface area (TPSA) is 75.2 Å². The molecule has 0 bridgehead atoms. The van der Waals surface area contributed by atoms with E-state index in [1.54, 1.807) is 6.08 Å². The smallest absolute Gasteiger partial charge is 0.356 e. The van der Waals surface area contributed by atoms with Crippen molar-refractivity contribution in [1.82, 2.24) is 10.2 Å². The molecule has 6 heteroatoms. The van der Waals surface area contributed by atoms with Crippen molar-refractivity contribution in [3.63, 3.8) is 0 Å². The average Bonchev–Trinajstić information content (AvgIpc) is 2.78. The molecule has 0 aliphatic carbocycles. The van der Waals surface area contributed by atoms with Crippen molar-refractivity contribution >= 4 is 5.97 Å². The highest BCUT2D eigenvalue weighted by molar-refractivity contribution is 5.87. The second-order valence-corrected chi connectivity index (χ2v) is 4.50. The van der Waals surface area contributed by atoms with Gasteiger partial charge < -0.3 is 9.84 Å². The Bertz CT molecular complexity index is 556. The molecule has 1 aromatic heterocycles. The van der Waals surface area contributed by atoms with E-state index in [4.69, 9.17) is 9.84 Å². The van der Waals surface area contributed by atoms with Crippen LogP contribution in [0.4, 0.5) is 4.39 Å². The van der Waals surface area contributed by atoms with Crippen LogP contribution in [0.5, 0.6) is 0 Å². The summed E-state index contributed by atoms with van der Waals surface area (Å²) in [6.07, 6.45) is 3.18. The summed E-state index contributed by atoms with van der Waals surface area (Å²) in [6, 6.07) is 0. The first kappa shape index (κ1) is 13.5. The van der Waals surface area contributed by atoms with E-state index in [-0.39, 0.29) is 24.2 Å². The Balaban J connectivity index is 2.22. The Morgan fingerprint density at radius 1 is 1.53 bits per heavy atom. The van der Waals surface area contributed by atoms with Crippen LogP contribution in [0.2, 0.25) is 0 Å². The normalized spacial score (nSPS) is 20.3. The zero-order valence-electron chi connectivity index (χ0n) is 10.7. The summed E-state index contributed by atoms with van der Waals surface area (Å²) >= 11 is 0. The van der Waals surface area contributed by atoms with Gasteiger partial charge >= 0.3 is 5.97 Å². The Morgan fingerprint density at radius 3 is 2.89 bits per heavy atom. The Labute approximate surface area is 109 Å². The van der Waals surface area contributed by atoms with Gasteiger partial charge in [0, 0.05) is 12.0 Å². The number of hydrogen-bond acceptors (Lipinski definition) is 3. The van der Waals surface area contributed by atoms with Crippen molar-refractivity contribution < 1.29 is 19.0 Å². The van der Waals surface area contributed by atoms with Gasteiger partial charge in [-0.15, -0.1) is 0 Å². The van der Waals surface area contributed by atoms with Crippen molar-refractivity contribution in [2.24, 2.45) is 0 Å². The Kier molecular flexibility index (Phi) is 3.80. The molecule has 5 nitrogen and oxygen atoms in total. The fourth-order valence-corrected chi connectivity index (χ4v) is 1.99. The molecule has 1 aliphatic heterocycles. The van der Waals surface area contributed by atoms with Gasteiger partial charge in [0.25, 0.3) is 0 Å². The van der Waals surface area contributed by atoms with E-state index in [1.165, 1.54) is 13.0 Å². The number of nitrogens with one attached hydrogen (secondary N) is 1. The van der Waals surface area contributed by atoms with E-state index in [0.29, 0.717) is 17.7 Å². The van der Waals surface area contributed by atoms with E-state index < -0.39 is 5.97 Å². The predicted molar refractivity (Wildman–Crippen MR) is 66.5 cm³/mol. The second kappa shape index (κ2) is 5.36. The van der Waals surface area contributed by atoms with Crippen molar-refractivity contribution in [2.45, 2.75) is 33.0 Å². The molecule has 1 unspecified atom stereocenters. The molecule has 102 valence electrons. The Hall–Kier alpha value is -1.95. The highest BCUT2D eigenvalue weighted by Gasteiger charge is 2.27. The number of carboxylic acids is 1. The van der Waals surface area contributed by atoms with Gasteiger partial charge in [-0.1, -0.05) is 6.08 Å². The lowest BCUT2D eigenvalue weighted by Gasteiger charge is -2.23. The lowest BCUT2D eigenvalue weighted by Crippen LogP contribution is -2.24. The molecule has 1 aromatic rings. The van der Waals surface area contributed by atoms with Crippen LogP contribution in [0, 0.1) is 0 Å². The minimum absolute atomic E-state index is 0.0355. The van der Waals surface area contributed by atoms with Crippen LogP contribution in [0.15, 0.2) is 23.6 Å². The molecule has 1 atom stereocenters. The number of aromatic nitrogens is 2. The molecule has 0 radical (unpaired) electrons. The number of H-pyrrole nitrogens is 1. The van der Waals surface area contributed by atoms with Gasteiger partial charge in [0.1, 0.15) is 0 Å². The number of hydrogen-bond donors (Lipinski definition) is 2. The second-order valence-electron chi connectivity index (χ2n) is 4.50. The number of carbonyl (C=O) groups is 1. The molecule has 0 aromatic carbocycles. The number of nitrogens with zero attached hydrogens (tertiary/aromatic N) is 1. The highest BCUT2D eigenvalue weighted by atomic mass is 19.1. The molecule has 0 saturated carbocycles. The van der Waals surface area contributed by atoms with Crippen LogP contribution < -0.4 is 0 Å². The molecule has 2 rings (SSSR count). The van der Waals surface area contributed by atoms with Crippen LogP contribution in [0.3, 0.4) is 0 Å². The fourth-order valence-electron chi connectivity index (χ4n) is 1.99. The molecule has 2 N–H and O–H groups in total. The lowest BCUT2D eigenvalue weighted by molar-refractivity contribution is 0.0493. The fraction of sp³-hybridized carbons (Fsp3) is 0.385. The number of ether oxygens (including phenoxy) is 1. The number of aromatic carboxylic acids is 1. The number of carboxylic acid groups (broad SMARTS) is 1. The number of allylic oxidation sites excluding steroid dienone is 3. The minimum atomic E-state index is -1.06. The largest absolute Gasteiger partial charge is 0.476 e. The lowest BCUT2D eigenvalue weighted by atomic mass is 9.97. The van der Waals surface area contributed by atoms with Crippen LogP contribution in [-0.2, 0) is 17.8 Å². The molecule has 0 amide bonds. The van der Waals surface area contributed by atoms with Gasteiger partial charge in [-0.2, -0.15) is 5.10 Å². The molecule has 0 fully saturated rings. The highest BCUT2D eigenvalue weighted by Crippen LogP contribution is 2.25. The van der Waals surface area contributed by atoms with Gasteiger partial charge in [-0.25, -0.2) is 9.18 Å². The van der Waals surface area contributed by atoms with E-state index >= 15 is 0 Å². The van der Waals surface area contributed by atoms with Gasteiger partial charge in [0.2, 0.25) is 0 Å². The average molecular weight is 266 g/mol. The molecule has 1 aliphatic rings. The Morgan fingerprint density at radius 2 is 2.26 bits per heavy atom. The third-order valence-electron chi connectivity index (χ3n) is 3.06. The van der Waals surface area contributed by atoms with Crippen LogP contribution in [-0.4, -0.2) is 27.4 Å². The summed E-state index contributed by atoms with van der Waals surface area (Å²) in [5.41, 5.74) is 2.24. The van der Waals surface area contributed by atoms with E-state index in [0.717, 1.165) is 5.57 Å². The quantitative estimate of drug-likeness (QED) is 0.823. The zero-order chi connectivity index (χ0) is 14.0. The maximum absolute atomic E-state index is 12.7. The first-order valence-electron chi connectivity index (χ1n) is 5.90. The molecular formula is C13H15FN2O3. The third kappa shape index (κ3) is 2.90.